The number of fused-ring (bicyclic) bond motifs is 5. The van der Waals surface area contributed by atoms with Gasteiger partial charge in [0.25, 0.3) is 0 Å². The van der Waals surface area contributed by atoms with Gasteiger partial charge in [-0.25, -0.2) is 4.79 Å². The summed E-state index contributed by atoms with van der Waals surface area (Å²) in [4.78, 5) is 11.1. The predicted molar refractivity (Wildman–Crippen MR) is 134 cm³/mol. The van der Waals surface area contributed by atoms with Crippen LogP contribution in [0, 0.1) is 45.3 Å². The van der Waals surface area contributed by atoms with E-state index in [9.17, 15) is 9.90 Å². The van der Waals surface area contributed by atoms with Gasteiger partial charge in [0.1, 0.15) is 0 Å². The molecule has 34 heavy (non-hydrogen) atoms. The van der Waals surface area contributed by atoms with E-state index >= 15 is 0 Å². The van der Waals surface area contributed by atoms with Crippen LogP contribution in [0.4, 0.5) is 0 Å². The molecule has 2 N–H and O–H groups in total. The van der Waals surface area contributed by atoms with Crippen LogP contribution >= 0.6 is 0 Å². The first-order valence-corrected chi connectivity index (χ1v) is 13.8. The number of hydrogen-bond donors (Lipinski definition) is 2. The van der Waals surface area contributed by atoms with Gasteiger partial charge < -0.3 is 14.9 Å². The molecule has 8 atom stereocenters. The Morgan fingerprint density at radius 2 is 1.71 bits per heavy atom. The maximum atomic E-state index is 11.3. The Balaban J connectivity index is 1.38. The third-order valence-corrected chi connectivity index (χ3v) is 12.6. The smallest absolute Gasteiger partial charge is 0.330 e. The molecule has 0 aromatic carbocycles. The number of aliphatic carboxylic acids is 1. The molecule has 6 rings (SSSR count). The van der Waals surface area contributed by atoms with Crippen LogP contribution in [0.3, 0.4) is 0 Å². The second-order valence-electron chi connectivity index (χ2n) is 13.7. The van der Waals surface area contributed by atoms with E-state index in [2.05, 4.69) is 34.3 Å². The van der Waals surface area contributed by atoms with Crippen molar-refractivity contribution in [3.8, 4) is 0 Å². The van der Waals surface area contributed by atoms with Crippen LogP contribution in [0.25, 0.3) is 0 Å². The zero-order valence-electron chi connectivity index (χ0n) is 22.1. The monoisotopic (exact) mass is 470 g/mol. The van der Waals surface area contributed by atoms with Gasteiger partial charge in [-0.3, -0.25) is 0 Å². The summed E-state index contributed by atoms with van der Waals surface area (Å²) in [5.41, 5.74) is 2.41. The summed E-state index contributed by atoms with van der Waals surface area (Å²) in [7, 11) is 0. The molecule has 0 unspecified atom stereocenters. The topological polar surface area (TPSA) is 66.8 Å². The van der Waals surface area contributed by atoms with E-state index in [1.165, 1.54) is 44.1 Å². The summed E-state index contributed by atoms with van der Waals surface area (Å²) in [5, 5.41) is 20.5. The van der Waals surface area contributed by atoms with Gasteiger partial charge in [0.05, 0.1) is 6.61 Å². The van der Waals surface area contributed by atoms with Gasteiger partial charge in [-0.2, -0.15) is 0 Å². The first kappa shape index (κ1) is 24.6. The van der Waals surface area contributed by atoms with E-state index in [1.807, 2.05) is 6.08 Å². The van der Waals surface area contributed by atoms with Gasteiger partial charge in [-0.1, -0.05) is 45.9 Å². The molecule has 2 aliphatic heterocycles. The number of carbonyl (C=O) groups is 1. The van der Waals surface area contributed by atoms with Crippen molar-refractivity contribution in [2.24, 2.45) is 45.3 Å². The van der Waals surface area contributed by atoms with E-state index in [1.54, 1.807) is 6.92 Å². The van der Waals surface area contributed by atoms with Crippen LogP contribution in [0.5, 0.6) is 0 Å². The van der Waals surface area contributed by atoms with E-state index in [0.717, 1.165) is 32.3 Å². The number of hydrogen-bond acceptors (Lipinski definition) is 3. The maximum absolute atomic E-state index is 11.3. The number of carboxylic acids is 1. The summed E-state index contributed by atoms with van der Waals surface area (Å²) < 4.78 is 6.31. The number of aliphatic hydroxyl groups is 1. The highest BCUT2D eigenvalue weighted by atomic mass is 16.6. The maximum Gasteiger partial charge on any atom is 0.330 e. The molecular formula is C30H46O4. The molecule has 6 aliphatic rings. The van der Waals surface area contributed by atoms with Crippen molar-refractivity contribution in [3.63, 3.8) is 0 Å². The number of ether oxygens (including phenoxy) is 1. The van der Waals surface area contributed by atoms with Crippen LogP contribution in [0.1, 0.15) is 98.8 Å². The molecule has 4 nitrogen and oxygen atoms in total. The summed E-state index contributed by atoms with van der Waals surface area (Å²) in [5.74, 6) is 0.678. The lowest BCUT2D eigenvalue weighted by Crippen LogP contribution is -2.73. The average Bonchev–Trinajstić information content (AvgIpc) is 3.13. The third kappa shape index (κ3) is 3.00. The Labute approximate surface area is 206 Å². The van der Waals surface area contributed by atoms with E-state index in [4.69, 9.17) is 9.84 Å². The third-order valence-electron chi connectivity index (χ3n) is 12.6. The highest BCUT2D eigenvalue weighted by Gasteiger charge is 2.74. The lowest BCUT2D eigenvalue weighted by atomic mass is 9.34. The van der Waals surface area contributed by atoms with E-state index in [0.29, 0.717) is 40.1 Å². The van der Waals surface area contributed by atoms with Crippen LogP contribution in [-0.4, -0.2) is 28.6 Å². The first-order chi connectivity index (χ1) is 15.8. The number of rotatable bonds is 5. The van der Waals surface area contributed by atoms with Gasteiger partial charge in [-0.15, -0.1) is 0 Å². The van der Waals surface area contributed by atoms with Crippen LogP contribution in [-0.2, 0) is 9.53 Å². The van der Waals surface area contributed by atoms with Crippen LogP contribution in [0.15, 0.2) is 23.8 Å². The molecule has 0 radical (unpaired) electrons. The Kier molecular flexibility index (Phi) is 5.55. The van der Waals surface area contributed by atoms with Crippen molar-refractivity contribution in [2.45, 2.75) is 105 Å². The molecule has 6 fully saturated rings. The molecule has 2 saturated heterocycles. The molecule has 0 amide bonds. The van der Waals surface area contributed by atoms with Gasteiger partial charge >= 0.3 is 5.97 Å². The zero-order valence-corrected chi connectivity index (χ0v) is 22.1. The Bertz CT molecular complexity index is 907. The summed E-state index contributed by atoms with van der Waals surface area (Å²) in [6.07, 6.45) is 12.9. The molecule has 1 spiro atoms. The Hall–Kier alpha value is -1.13. The fraction of sp³-hybridized carbons (Fsp3) is 0.833. The molecule has 0 aromatic heterocycles. The molecule has 4 aliphatic carbocycles. The van der Waals surface area contributed by atoms with Crippen molar-refractivity contribution >= 4 is 5.97 Å². The SMILES string of the molecule is C=C(CC/C=C(/C)C(=O)O)[C@@H]1CC[C@]2(C)[C@@H]1CC[C@@H]1[C@]34CC[C@@](O)(OC3)C(C)(C)[C@@H]4CC[C@]12C. The quantitative estimate of drug-likeness (QED) is 0.345. The molecule has 0 aromatic rings. The summed E-state index contributed by atoms with van der Waals surface area (Å²) >= 11 is 0. The van der Waals surface area contributed by atoms with Crippen molar-refractivity contribution in [3.05, 3.63) is 23.8 Å². The average molecular weight is 471 g/mol. The minimum absolute atomic E-state index is 0.184. The fourth-order valence-electron chi connectivity index (χ4n) is 10.4. The van der Waals surface area contributed by atoms with Gasteiger partial charge in [0, 0.05) is 22.8 Å². The molecular weight excluding hydrogens is 424 g/mol. The predicted octanol–water partition coefficient (Wildman–Crippen LogP) is 6.74. The molecule has 190 valence electrons. The van der Waals surface area contributed by atoms with Gasteiger partial charge in [0.2, 0.25) is 0 Å². The van der Waals surface area contributed by atoms with E-state index < -0.39 is 11.8 Å². The minimum atomic E-state index is -0.947. The van der Waals surface area contributed by atoms with Crippen molar-refractivity contribution in [2.75, 3.05) is 6.61 Å². The van der Waals surface area contributed by atoms with Crippen LogP contribution < -0.4 is 0 Å². The van der Waals surface area contributed by atoms with Gasteiger partial charge in [-0.05, 0) is 99.2 Å². The molecule has 4 saturated carbocycles. The summed E-state index contributed by atoms with van der Waals surface area (Å²) in [6.45, 7) is 16.7. The summed E-state index contributed by atoms with van der Waals surface area (Å²) in [6, 6.07) is 0. The molecule has 2 heterocycles. The highest BCUT2D eigenvalue weighted by molar-refractivity contribution is 5.85. The van der Waals surface area contributed by atoms with Crippen molar-refractivity contribution in [1.29, 1.82) is 0 Å². The Morgan fingerprint density at radius 3 is 2.35 bits per heavy atom. The van der Waals surface area contributed by atoms with Gasteiger partial charge in [0.15, 0.2) is 5.79 Å². The molecule has 4 heteroatoms. The number of allylic oxidation sites excluding steroid dienone is 2. The largest absolute Gasteiger partial charge is 0.478 e. The molecule has 2 bridgehead atoms. The minimum Gasteiger partial charge on any atom is -0.478 e. The second-order valence-corrected chi connectivity index (χ2v) is 13.7. The Morgan fingerprint density at radius 1 is 1.00 bits per heavy atom. The fourth-order valence-corrected chi connectivity index (χ4v) is 10.4. The highest BCUT2D eigenvalue weighted by Crippen LogP contribution is 2.77. The number of carboxylic acid groups (broad SMARTS) is 1. The second kappa shape index (κ2) is 7.68. The first-order valence-electron chi connectivity index (χ1n) is 13.8. The normalized spacial score (nSPS) is 49.2. The van der Waals surface area contributed by atoms with Crippen molar-refractivity contribution in [1.82, 2.24) is 0 Å². The lowest BCUT2D eigenvalue weighted by molar-refractivity contribution is -0.398. The standard InChI is InChI=1S/C30H46O4/c1-19(8-7-9-20(2)25(31)32)21-12-14-27(5)22(21)10-11-24-28(27,6)15-13-23-26(3,4)30(33)17-16-29(23,24)18-34-30/h9,21-24,33H,1,7-8,10-18H2,2-6H3,(H,31,32)/b20-9-/t21-,22+,23-,24-,27+,28+,29+,30+/m0/s1. The van der Waals surface area contributed by atoms with E-state index in [-0.39, 0.29) is 10.8 Å². The van der Waals surface area contributed by atoms with Crippen molar-refractivity contribution < 1.29 is 19.7 Å². The van der Waals surface area contributed by atoms with Crippen LogP contribution in [0.2, 0.25) is 0 Å². The lowest BCUT2D eigenvalue weighted by Gasteiger charge is -2.74. The zero-order chi connectivity index (χ0) is 24.7.